The molecular weight excluding hydrogens is 345 g/mol. The molecule has 0 aliphatic carbocycles. The number of aliphatic hydroxyl groups excluding tert-OH is 2. The number of aliphatic hydroxyl groups is 2. The zero-order valence-electron chi connectivity index (χ0n) is 12.1. The Morgan fingerprint density at radius 1 is 1.30 bits per heavy atom. The average Bonchev–Trinajstić information content (AvgIpc) is 3.05. The van der Waals surface area contributed by atoms with E-state index < -0.39 is 24.9 Å². The highest BCUT2D eigenvalue weighted by atomic mass is 35.5. The Balaban J connectivity index is 0.00000192. The molecule has 2 aromatic rings. The van der Waals surface area contributed by atoms with E-state index in [0.29, 0.717) is 28.4 Å². The Hall–Kier alpha value is -1.13. The zero-order valence-corrected chi connectivity index (χ0v) is 13.8. The number of alkyl halides is 1. The first-order valence-electron chi connectivity index (χ1n) is 6.96. The highest BCUT2D eigenvalue weighted by molar-refractivity contribution is 7.99. The Morgan fingerprint density at radius 3 is 2.83 bits per heavy atom. The smallest absolute Gasteiger partial charge is 0.151 e. The van der Waals surface area contributed by atoms with Crippen LogP contribution in [0.2, 0.25) is 0 Å². The van der Waals surface area contributed by atoms with E-state index in [2.05, 4.69) is 20.3 Å². The molecule has 3 heterocycles. The number of anilines is 1. The molecule has 7 nitrogen and oxygen atoms in total. The van der Waals surface area contributed by atoms with Gasteiger partial charge in [-0.3, -0.25) is 4.39 Å². The molecule has 4 atom stereocenters. The Kier molecular flexibility index (Phi) is 6.04. The van der Waals surface area contributed by atoms with Crippen molar-refractivity contribution in [3.8, 4) is 0 Å². The lowest BCUT2D eigenvalue weighted by Crippen LogP contribution is -2.35. The van der Waals surface area contributed by atoms with Crippen LogP contribution < -0.4 is 11.1 Å². The summed E-state index contributed by atoms with van der Waals surface area (Å²) in [5, 5.41) is 23.7. The van der Waals surface area contributed by atoms with Gasteiger partial charge in [0.15, 0.2) is 5.82 Å². The summed E-state index contributed by atoms with van der Waals surface area (Å²) >= 11 is 1.40. The van der Waals surface area contributed by atoms with Crippen molar-refractivity contribution in [3.05, 3.63) is 18.1 Å². The van der Waals surface area contributed by atoms with E-state index in [9.17, 15) is 14.6 Å². The summed E-state index contributed by atoms with van der Waals surface area (Å²) in [6.45, 7) is -0.405. The van der Waals surface area contributed by atoms with Gasteiger partial charge in [0.25, 0.3) is 0 Å². The summed E-state index contributed by atoms with van der Waals surface area (Å²) in [6.07, 6.45) is 1.19. The number of thioether (sulfide) groups is 1. The molecule has 0 aromatic carbocycles. The topological polar surface area (TPSA) is 120 Å². The van der Waals surface area contributed by atoms with E-state index in [4.69, 9.17) is 5.73 Å². The highest BCUT2D eigenvalue weighted by Gasteiger charge is 2.42. The van der Waals surface area contributed by atoms with Crippen LogP contribution in [0.25, 0.3) is 11.0 Å². The molecule has 10 heteroatoms. The zero-order chi connectivity index (χ0) is 15.7. The van der Waals surface area contributed by atoms with Crippen LogP contribution in [-0.2, 0) is 0 Å². The van der Waals surface area contributed by atoms with E-state index >= 15 is 0 Å². The third-order valence-corrected chi connectivity index (χ3v) is 4.91. The summed E-state index contributed by atoms with van der Waals surface area (Å²) in [5.74, 6) is 1.24. The second-order valence-corrected chi connectivity index (χ2v) is 6.37. The lowest BCUT2D eigenvalue weighted by Gasteiger charge is -2.14. The van der Waals surface area contributed by atoms with Crippen LogP contribution in [0.4, 0.5) is 10.2 Å². The van der Waals surface area contributed by atoms with Gasteiger partial charge < -0.3 is 26.2 Å². The maximum absolute atomic E-state index is 12.2. The monoisotopic (exact) mass is 363 g/mol. The molecule has 0 spiro atoms. The number of nitrogens with zero attached hydrogens (tertiary/aromatic N) is 2. The summed E-state index contributed by atoms with van der Waals surface area (Å²) in [7, 11) is 0. The van der Waals surface area contributed by atoms with Crippen molar-refractivity contribution in [1.29, 1.82) is 0 Å². The lowest BCUT2D eigenvalue weighted by atomic mass is 10.0. The third-order valence-electron chi connectivity index (χ3n) is 3.87. The van der Waals surface area contributed by atoms with Gasteiger partial charge in [0, 0.05) is 29.3 Å². The second kappa shape index (κ2) is 7.63. The first-order chi connectivity index (χ1) is 10.6. The van der Waals surface area contributed by atoms with Gasteiger partial charge in [0.05, 0.1) is 24.3 Å². The standard InChI is InChI=1S/C13H18FN5O2S.ClH/c14-1-2-22-4-7-11(20)12(21)9(19-7)6-3-16-10-8(6)17-5-18-13(10)15;/h3,5,7,9,11-12,16,19-21H,1-2,4H2,(H2,15,17,18);1H. The van der Waals surface area contributed by atoms with Crippen LogP contribution in [0.1, 0.15) is 11.6 Å². The molecule has 0 bridgehead atoms. The molecule has 3 rings (SSSR count). The fourth-order valence-corrected chi connectivity index (χ4v) is 3.59. The Morgan fingerprint density at radius 2 is 2.09 bits per heavy atom. The number of hydrogen-bond donors (Lipinski definition) is 5. The van der Waals surface area contributed by atoms with E-state index in [-0.39, 0.29) is 18.4 Å². The number of H-pyrrole nitrogens is 1. The first-order valence-corrected chi connectivity index (χ1v) is 8.12. The van der Waals surface area contributed by atoms with Crippen molar-refractivity contribution < 1.29 is 14.6 Å². The Bertz CT molecular complexity index is 660. The number of nitrogens with one attached hydrogen (secondary N) is 2. The van der Waals surface area contributed by atoms with Crippen molar-refractivity contribution in [2.75, 3.05) is 23.9 Å². The van der Waals surface area contributed by atoms with Crippen molar-refractivity contribution in [2.45, 2.75) is 24.3 Å². The summed E-state index contributed by atoms with van der Waals surface area (Å²) in [4.78, 5) is 11.1. The van der Waals surface area contributed by atoms with Gasteiger partial charge in [0.2, 0.25) is 0 Å². The molecule has 0 amide bonds. The molecule has 128 valence electrons. The van der Waals surface area contributed by atoms with Gasteiger partial charge in [-0.05, 0) is 0 Å². The van der Waals surface area contributed by atoms with Crippen LogP contribution in [0.15, 0.2) is 12.5 Å². The van der Waals surface area contributed by atoms with Gasteiger partial charge in [-0.15, -0.1) is 12.4 Å². The third kappa shape index (κ3) is 3.38. The average molecular weight is 364 g/mol. The predicted octanol–water partition coefficient (Wildman–Crippen LogP) is 0.399. The second-order valence-electron chi connectivity index (χ2n) is 5.22. The molecular formula is C13H19ClFN5O2S. The minimum atomic E-state index is -0.967. The van der Waals surface area contributed by atoms with E-state index in [1.807, 2.05) is 0 Å². The quantitative estimate of drug-likeness (QED) is 0.488. The van der Waals surface area contributed by atoms with Gasteiger partial charge in [-0.1, -0.05) is 0 Å². The van der Waals surface area contributed by atoms with Gasteiger partial charge in [-0.25, -0.2) is 9.97 Å². The molecule has 1 aliphatic heterocycles. The number of hydrogen-bond acceptors (Lipinski definition) is 7. The number of nitrogens with two attached hydrogens (primary N) is 1. The molecule has 0 saturated carbocycles. The van der Waals surface area contributed by atoms with E-state index in [1.165, 1.54) is 18.1 Å². The number of aromatic amines is 1. The van der Waals surface area contributed by atoms with Crippen molar-refractivity contribution in [1.82, 2.24) is 20.3 Å². The Labute approximate surface area is 142 Å². The first kappa shape index (κ1) is 18.2. The van der Waals surface area contributed by atoms with Crippen molar-refractivity contribution in [2.24, 2.45) is 0 Å². The van der Waals surface area contributed by atoms with Crippen LogP contribution >= 0.6 is 24.2 Å². The lowest BCUT2D eigenvalue weighted by molar-refractivity contribution is 0.0308. The summed E-state index contributed by atoms with van der Waals surface area (Å²) in [6, 6.07) is -0.769. The van der Waals surface area contributed by atoms with Crippen LogP contribution in [0.5, 0.6) is 0 Å². The molecule has 4 unspecified atom stereocenters. The van der Waals surface area contributed by atoms with Crippen molar-refractivity contribution >= 4 is 41.0 Å². The molecule has 23 heavy (non-hydrogen) atoms. The molecule has 0 radical (unpaired) electrons. The highest BCUT2D eigenvalue weighted by Crippen LogP contribution is 2.33. The number of fused-ring (bicyclic) bond motifs is 1. The number of nitrogen functional groups attached to an aromatic ring is 1. The minimum absolute atomic E-state index is 0. The SMILES string of the molecule is Cl.Nc1ncnc2c(C3NC(CSCCF)C(O)C3O)c[nH]c12. The van der Waals surface area contributed by atoms with E-state index in [1.54, 1.807) is 6.20 Å². The molecule has 6 N–H and O–H groups in total. The van der Waals surface area contributed by atoms with Crippen LogP contribution in [0.3, 0.4) is 0 Å². The van der Waals surface area contributed by atoms with Crippen LogP contribution in [-0.4, -0.2) is 61.6 Å². The fourth-order valence-electron chi connectivity index (χ4n) is 2.76. The number of halogens is 2. The molecule has 1 aliphatic rings. The van der Waals surface area contributed by atoms with Gasteiger partial charge >= 0.3 is 0 Å². The van der Waals surface area contributed by atoms with Gasteiger partial charge in [-0.2, -0.15) is 11.8 Å². The van der Waals surface area contributed by atoms with Crippen LogP contribution in [0, 0.1) is 0 Å². The molecule has 1 saturated heterocycles. The number of rotatable bonds is 5. The number of aromatic nitrogens is 3. The molecule has 2 aromatic heterocycles. The predicted molar refractivity (Wildman–Crippen MR) is 90.5 cm³/mol. The van der Waals surface area contributed by atoms with Gasteiger partial charge in [0.1, 0.15) is 17.9 Å². The summed E-state index contributed by atoms with van der Waals surface area (Å²) < 4.78 is 12.2. The van der Waals surface area contributed by atoms with E-state index in [0.717, 1.165) is 5.56 Å². The summed E-state index contributed by atoms with van der Waals surface area (Å²) in [5.41, 5.74) is 7.74. The maximum Gasteiger partial charge on any atom is 0.151 e. The minimum Gasteiger partial charge on any atom is -0.389 e. The largest absolute Gasteiger partial charge is 0.389 e. The fraction of sp³-hybridized carbons (Fsp3) is 0.538. The van der Waals surface area contributed by atoms with Crippen molar-refractivity contribution in [3.63, 3.8) is 0 Å². The maximum atomic E-state index is 12.2. The normalized spacial score (nSPS) is 27.3. The molecule has 1 fully saturated rings.